The van der Waals surface area contributed by atoms with Gasteiger partial charge in [0.2, 0.25) is 0 Å². The van der Waals surface area contributed by atoms with Crippen LogP contribution in [-0.4, -0.2) is 30.4 Å². The van der Waals surface area contributed by atoms with Gasteiger partial charge in [0.05, 0.1) is 6.61 Å². The molecule has 0 bridgehead atoms. The molecule has 0 unspecified atom stereocenters. The fraction of sp³-hybridized carbons (Fsp3) is 0.292. The fourth-order valence-electron chi connectivity index (χ4n) is 2.83. The lowest BCUT2D eigenvalue weighted by Gasteiger charge is -2.20. The number of ether oxygens (including phenoxy) is 1. The van der Waals surface area contributed by atoms with Crippen LogP contribution < -0.4 is 10.6 Å². The molecule has 2 aromatic rings. The van der Waals surface area contributed by atoms with Crippen molar-refractivity contribution in [2.24, 2.45) is 5.92 Å². The van der Waals surface area contributed by atoms with Crippen LogP contribution in [0.3, 0.4) is 0 Å². The zero-order chi connectivity index (χ0) is 22.8. The Morgan fingerprint density at radius 2 is 1.68 bits per heavy atom. The van der Waals surface area contributed by atoms with Crippen LogP contribution in [-0.2, 0) is 14.3 Å². The Balaban J connectivity index is 2.31. The smallest absolute Gasteiger partial charge is 0.328 e. The van der Waals surface area contributed by atoms with Crippen molar-refractivity contribution in [3.05, 3.63) is 75.9 Å². The summed E-state index contributed by atoms with van der Waals surface area (Å²) in [5, 5.41) is 5.39. The zero-order valence-electron chi connectivity index (χ0n) is 17.9. The van der Waals surface area contributed by atoms with Crippen molar-refractivity contribution in [1.29, 1.82) is 0 Å². The topological polar surface area (TPSA) is 84.5 Å². The molecule has 6 nitrogen and oxygen atoms in total. The predicted molar refractivity (Wildman–Crippen MR) is 124 cm³/mol. The fourth-order valence-corrected chi connectivity index (χ4v) is 3.10. The average Bonchev–Trinajstić information content (AvgIpc) is 2.74. The molecule has 2 rings (SSSR count). The number of carbonyl (C=O) groups excluding carboxylic acids is 3. The summed E-state index contributed by atoms with van der Waals surface area (Å²) in [4.78, 5) is 38.1. The van der Waals surface area contributed by atoms with Gasteiger partial charge in [0.25, 0.3) is 11.8 Å². The molecule has 0 aliphatic heterocycles. The number of benzene rings is 2. The maximum Gasteiger partial charge on any atom is 0.328 e. The number of esters is 1. The van der Waals surface area contributed by atoms with Crippen molar-refractivity contribution in [2.75, 3.05) is 6.61 Å². The van der Waals surface area contributed by atoms with Gasteiger partial charge >= 0.3 is 5.97 Å². The van der Waals surface area contributed by atoms with Crippen LogP contribution in [0.15, 0.2) is 64.8 Å². The lowest BCUT2D eigenvalue weighted by atomic mass is 10.0. The quantitative estimate of drug-likeness (QED) is 0.408. The van der Waals surface area contributed by atoms with Crippen molar-refractivity contribution in [3.8, 4) is 0 Å². The minimum atomic E-state index is -0.811. The van der Waals surface area contributed by atoms with E-state index in [9.17, 15) is 14.4 Å². The van der Waals surface area contributed by atoms with Crippen molar-refractivity contribution >= 4 is 39.8 Å². The molecule has 2 amide bonds. The van der Waals surface area contributed by atoms with E-state index in [0.29, 0.717) is 12.0 Å². The number of halogens is 1. The summed E-state index contributed by atoms with van der Waals surface area (Å²) in [5.74, 6) is -1.32. The highest BCUT2D eigenvalue weighted by atomic mass is 79.9. The molecule has 0 heterocycles. The Bertz CT molecular complexity index is 924. The van der Waals surface area contributed by atoms with Gasteiger partial charge in [0, 0.05) is 10.0 Å². The number of carbonyl (C=O) groups is 3. The monoisotopic (exact) mass is 486 g/mol. The molecule has 0 aliphatic carbocycles. The zero-order valence-corrected chi connectivity index (χ0v) is 19.4. The first-order valence-corrected chi connectivity index (χ1v) is 10.9. The van der Waals surface area contributed by atoms with E-state index in [0.717, 1.165) is 10.0 Å². The van der Waals surface area contributed by atoms with Crippen molar-refractivity contribution in [2.45, 2.75) is 33.2 Å². The Labute approximate surface area is 191 Å². The Morgan fingerprint density at radius 1 is 1.03 bits per heavy atom. The van der Waals surface area contributed by atoms with Crippen LogP contribution in [0.2, 0.25) is 0 Å². The van der Waals surface area contributed by atoms with Crippen LogP contribution in [0, 0.1) is 5.92 Å². The van der Waals surface area contributed by atoms with E-state index in [1.54, 1.807) is 43.3 Å². The van der Waals surface area contributed by atoms with Gasteiger partial charge in [-0.1, -0.05) is 60.1 Å². The van der Waals surface area contributed by atoms with E-state index in [4.69, 9.17) is 4.74 Å². The average molecular weight is 487 g/mol. The maximum absolute atomic E-state index is 13.1. The molecule has 31 heavy (non-hydrogen) atoms. The largest absolute Gasteiger partial charge is 0.464 e. The molecule has 0 radical (unpaired) electrons. The molecule has 0 spiro atoms. The van der Waals surface area contributed by atoms with Crippen LogP contribution in [0.25, 0.3) is 6.08 Å². The van der Waals surface area contributed by atoms with E-state index in [1.165, 1.54) is 0 Å². The maximum atomic E-state index is 13.1. The van der Waals surface area contributed by atoms with E-state index >= 15 is 0 Å². The summed E-state index contributed by atoms with van der Waals surface area (Å²) < 4.78 is 5.99. The molecule has 2 aromatic carbocycles. The van der Waals surface area contributed by atoms with E-state index in [2.05, 4.69) is 26.6 Å². The van der Waals surface area contributed by atoms with Crippen molar-refractivity contribution in [1.82, 2.24) is 10.6 Å². The summed E-state index contributed by atoms with van der Waals surface area (Å²) in [6.07, 6.45) is 1.99. The summed E-state index contributed by atoms with van der Waals surface area (Å²) in [6.45, 7) is 5.84. The van der Waals surface area contributed by atoms with Gasteiger partial charge in [-0.3, -0.25) is 9.59 Å². The van der Waals surface area contributed by atoms with E-state index < -0.39 is 23.8 Å². The van der Waals surface area contributed by atoms with Crippen molar-refractivity contribution < 1.29 is 19.1 Å². The molecular formula is C24H27BrN2O4. The molecule has 0 aromatic heterocycles. The highest BCUT2D eigenvalue weighted by Gasteiger charge is 2.25. The van der Waals surface area contributed by atoms with Gasteiger partial charge in [-0.15, -0.1) is 0 Å². The number of rotatable bonds is 9. The van der Waals surface area contributed by atoms with Gasteiger partial charge in [0.15, 0.2) is 0 Å². The van der Waals surface area contributed by atoms with Crippen LogP contribution in [0.4, 0.5) is 0 Å². The van der Waals surface area contributed by atoms with Gasteiger partial charge < -0.3 is 15.4 Å². The second-order valence-corrected chi connectivity index (χ2v) is 8.25. The van der Waals surface area contributed by atoms with Crippen LogP contribution >= 0.6 is 15.9 Å². The molecule has 2 N–H and O–H groups in total. The van der Waals surface area contributed by atoms with Crippen LogP contribution in [0.1, 0.15) is 43.1 Å². The normalized spacial score (nSPS) is 12.2. The Kier molecular flexibility index (Phi) is 9.46. The summed E-state index contributed by atoms with van der Waals surface area (Å²) in [5.41, 5.74) is 1.17. The molecule has 0 aliphatic rings. The number of amides is 2. The minimum absolute atomic E-state index is 0.0363. The molecule has 7 heteroatoms. The SMILES string of the molecule is CCOC(=O)[C@@H](CC(C)C)NC(=O)/C(=C/c1ccc(Br)cc1)NC(=O)c1ccccc1. The van der Waals surface area contributed by atoms with Gasteiger partial charge in [0.1, 0.15) is 11.7 Å². The third-order valence-electron chi connectivity index (χ3n) is 4.29. The van der Waals surface area contributed by atoms with Gasteiger partial charge in [-0.25, -0.2) is 4.79 Å². The summed E-state index contributed by atoms with van der Waals surface area (Å²) >= 11 is 3.38. The van der Waals surface area contributed by atoms with Crippen LogP contribution in [0.5, 0.6) is 0 Å². The number of hydrogen-bond acceptors (Lipinski definition) is 4. The standard InChI is InChI=1S/C24H27BrN2O4/c1-4-31-24(30)21(14-16(2)3)27-23(29)20(15-17-10-12-19(25)13-11-17)26-22(28)18-8-6-5-7-9-18/h5-13,15-16,21H,4,14H2,1-3H3,(H,26,28)(H,27,29)/b20-15-/t21-/m1/s1. The van der Waals surface area contributed by atoms with E-state index in [1.807, 2.05) is 38.1 Å². The van der Waals surface area contributed by atoms with Gasteiger partial charge in [-0.05, 0) is 55.2 Å². The third kappa shape index (κ3) is 8.02. The minimum Gasteiger partial charge on any atom is -0.464 e. The molecule has 0 saturated carbocycles. The lowest BCUT2D eigenvalue weighted by Crippen LogP contribution is -2.45. The Morgan fingerprint density at radius 3 is 2.26 bits per heavy atom. The molecule has 0 fully saturated rings. The first-order valence-electron chi connectivity index (χ1n) is 10.1. The molecule has 0 saturated heterocycles. The first kappa shape index (κ1) is 24.3. The summed E-state index contributed by atoms with van der Waals surface area (Å²) in [7, 11) is 0. The van der Waals surface area contributed by atoms with Crippen molar-refractivity contribution in [3.63, 3.8) is 0 Å². The lowest BCUT2D eigenvalue weighted by molar-refractivity contribution is -0.147. The second-order valence-electron chi connectivity index (χ2n) is 7.34. The molecule has 164 valence electrons. The summed E-state index contributed by atoms with van der Waals surface area (Å²) in [6, 6.07) is 15.1. The number of nitrogens with one attached hydrogen (secondary N) is 2. The number of hydrogen-bond donors (Lipinski definition) is 2. The first-order chi connectivity index (χ1) is 14.8. The molecule has 1 atom stereocenters. The molecular weight excluding hydrogens is 460 g/mol. The second kappa shape index (κ2) is 12.1. The highest BCUT2D eigenvalue weighted by molar-refractivity contribution is 9.10. The van der Waals surface area contributed by atoms with E-state index in [-0.39, 0.29) is 18.2 Å². The Hall–Kier alpha value is -2.93. The van der Waals surface area contributed by atoms with Gasteiger partial charge in [-0.2, -0.15) is 0 Å². The highest BCUT2D eigenvalue weighted by Crippen LogP contribution is 2.14. The third-order valence-corrected chi connectivity index (χ3v) is 4.82. The predicted octanol–water partition coefficient (Wildman–Crippen LogP) is 4.31.